The molecule has 1 N–H and O–H groups in total. The normalized spacial score (nSPS) is 16.2. The van der Waals surface area contributed by atoms with Gasteiger partial charge < -0.3 is 5.11 Å². The molecule has 1 fully saturated rings. The van der Waals surface area contributed by atoms with Crippen LogP contribution in [-0.4, -0.2) is 57.0 Å². The van der Waals surface area contributed by atoms with Crippen molar-refractivity contribution in [2.75, 3.05) is 26.2 Å². The highest BCUT2D eigenvalue weighted by Crippen LogP contribution is 2.11. The Bertz CT molecular complexity index is 697. The Morgan fingerprint density at radius 3 is 2.29 bits per heavy atom. The van der Waals surface area contributed by atoms with Crippen molar-refractivity contribution in [2.24, 2.45) is 0 Å². The van der Waals surface area contributed by atoms with Crippen LogP contribution in [-0.2, 0) is 13.1 Å². The lowest BCUT2D eigenvalue weighted by Gasteiger charge is -2.34. The maximum absolute atomic E-state index is 11.0. The average molecular weight is 326 g/mol. The second-order valence-corrected chi connectivity index (χ2v) is 6.13. The van der Waals surface area contributed by atoms with Crippen LogP contribution in [0, 0.1) is 6.92 Å². The van der Waals surface area contributed by atoms with Gasteiger partial charge in [-0.25, -0.2) is 14.8 Å². The number of carboxylic acid groups (broad SMARTS) is 1. The van der Waals surface area contributed by atoms with Gasteiger partial charge in [0.15, 0.2) is 0 Å². The molecule has 2 aromatic rings. The Kier molecular flexibility index (Phi) is 5.17. The zero-order chi connectivity index (χ0) is 16.9. The van der Waals surface area contributed by atoms with E-state index < -0.39 is 5.97 Å². The van der Waals surface area contributed by atoms with Gasteiger partial charge in [0, 0.05) is 38.9 Å². The first-order chi connectivity index (χ1) is 11.6. The highest BCUT2D eigenvalue weighted by molar-refractivity contribution is 5.88. The van der Waals surface area contributed by atoms with Gasteiger partial charge in [0.2, 0.25) is 0 Å². The molecule has 0 bridgehead atoms. The lowest BCUT2D eigenvalue weighted by atomic mass is 10.2. The number of carboxylic acids is 1. The number of rotatable bonds is 5. The van der Waals surface area contributed by atoms with Crippen LogP contribution in [0.3, 0.4) is 0 Å². The van der Waals surface area contributed by atoms with Crippen molar-refractivity contribution in [1.82, 2.24) is 19.8 Å². The van der Waals surface area contributed by atoms with Gasteiger partial charge in [-0.1, -0.05) is 30.3 Å². The number of piperazine rings is 1. The van der Waals surface area contributed by atoms with Gasteiger partial charge in [0.1, 0.15) is 5.82 Å². The third kappa shape index (κ3) is 4.15. The molecule has 126 valence electrons. The summed E-state index contributed by atoms with van der Waals surface area (Å²) in [5.41, 5.74) is 2.04. The summed E-state index contributed by atoms with van der Waals surface area (Å²) in [6.07, 6.45) is 1.41. The smallest absolute Gasteiger partial charge is 0.339 e. The van der Waals surface area contributed by atoms with E-state index in [1.165, 1.54) is 11.8 Å². The summed E-state index contributed by atoms with van der Waals surface area (Å²) >= 11 is 0. The lowest BCUT2D eigenvalue weighted by molar-refractivity contribution is 0.0695. The number of nitrogens with zero attached hydrogens (tertiary/aromatic N) is 4. The van der Waals surface area contributed by atoms with E-state index in [4.69, 9.17) is 5.11 Å². The molecule has 6 heteroatoms. The number of carbonyl (C=O) groups is 1. The summed E-state index contributed by atoms with van der Waals surface area (Å²) in [5.74, 6) is -0.289. The number of aryl methyl sites for hydroxylation is 1. The summed E-state index contributed by atoms with van der Waals surface area (Å²) < 4.78 is 0. The van der Waals surface area contributed by atoms with Gasteiger partial charge in [0.05, 0.1) is 17.8 Å². The minimum Gasteiger partial charge on any atom is -0.478 e. The van der Waals surface area contributed by atoms with E-state index in [-0.39, 0.29) is 5.56 Å². The van der Waals surface area contributed by atoms with E-state index >= 15 is 0 Å². The Morgan fingerprint density at radius 2 is 1.71 bits per heavy atom. The standard InChI is InChI=1S/C18H22N4O2/c1-14-16(18(23)24)11-19-17(20-14)13-22-9-7-21(8-10-22)12-15-5-3-2-4-6-15/h2-6,11H,7-10,12-13H2,1H3,(H,23,24). The van der Waals surface area contributed by atoms with Crippen molar-refractivity contribution < 1.29 is 9.90 Å². The van der Waals surface area contributed by atoms with Crippen molar-refractivity contribution in [3.63, 3.8) is 0 Å². The first kappa shape index (κ1) is 16.5. The molecule has 1 aliphatic rings. The predicted molar refractivity (Wildman–Crippen MR) is 90.7 cm³/mol. The molecule has 6 nitrogen and oxygen atoms in total. The third-order valence-corrected chi connectivity index (χ3v) is 4.34. The van der Waals surface area contributed by atoms with Gasteiger partial charge in [0.25, 0.3) is 0 Å². The summed E-state index contributed by atoms with van der Waals surface area (Å²) in [4.78, 5) is 24.3. The molecular formula is C18H22N4O2. The molecule has 3 rings (SSSR count). The van der Waals surface area contributed by atoms with Crippen molar-refractivity contribution in [3.05, 3.63) is 59.2 Å². The highest BCUT2D eigenvalue weighted by atomic mass is 16.4. The lowest BCUT2D eigenvalue weighted by Crippen LogP contribution is -2.45. The predicted octanol–water partition coefficient (Wildman–Crippen LogP) is 1.80. The van der Waals surface area contributed by atoms with E-state index in [0.29, 0.717) is 18.1 Å². The molecule has 0 unspecified atom stereocenters. The molecule has 0 amide bonds. The molecule has 0 spiro atoms. The van der Waals surface area contributed by atoms with Crippen LogP contribution >= 0.6 is 0 Å². The van der Waals surface area contributed by atoms with Crippen LogP contribution in [0.15, 0.2) is 36.5 Å². The summed E-state index contributed by atoms with van der Waals surface area (Å²) in [6, 6.07) is 10.5. The fourth-order valence-electron chi connectivity index (χ4n) is 2.95. The molecule has 2 heterocycles. The Morgan fingerprint density at radius 1 is 1.08 bits per heavy atom. The fraction of sp³-hybridized carbons (Fsp3) is 0.389. The molecule has 1 saturated heterocycles. The summed E-state index contributed by atoms with van der Waals surface area (Å²) in [7, 11) is 0. The molecule has 0 aliphatic carbocycles. The molecule has 0 radical (unpaired) electrons. The second-order valence-electron chi connectivity index (χ2n) is 6.13. The molecule has 0 saturated carbocycles. The van der Waals surface area contributed by atoms with Gasteiger partial charge in [-0.3, -0.25) is 9.80 Å². The van der Waals surface area contributed by atoms with Gasteiger partial charge in [-0.2, -0.15) is 0 Å². The summed E-state index contributed by atoms with van der Waals surface area (Å²) in [5, 5.41) is 9.03. The molecule has 1 aromatic carbocycles. The van der Waals surface area contributed by atoms with E-state index in [1.807, 2.05) is 6.07 Å². The maximum Gasteiger partial charge on any atom is 0.339 e. The fourth-order valence-corrected chi connectivity index (χ4v) is 2.95. The number of aromatic carboxylic acids is 1. The monoisotopic (exact) mass is 326 g/mol. The molecule has 1 aromatic heterocycles. The van der Waals surface area contributed by atoms with Gasteiger partial charge in [-0.15, -0.1) is 0 Å². The first-order valence-electron chi connectivity index (χ1n) is 8.16. The van der Waals surface area contributed by atoms with E-state index in [2.05, 4.69) is 44.0 Å². The largest absolute Gasteiger partial charge is 0.478 e. The highest BCUT2D eigenvalue weighted by Gasteiger charge is 2.18. The number of hydrogen-bond acceptors (Lipinski definition) is 5. The van der Waals surface area contributed by atoms with Crippen LogP contribution in [0.4, 0.5) is 0 Å². The summed E-state index contributed by atoms with van der Waals surface area (Å²) in [6.45, 7) is 7.33. The van der Waals surface area contributed by atoms with Crippen LogP contribution in [0.5, 0.6) is 0 Å². The second kappa shape index (κ2) is 7.51. The number of benzene rings is 1. The van der Waals surface area contributed by atoms with Crippen LogP contribution in [0.25, 0.3) is 0 Å². The van der Waals surface area contributed by atoms with Gasteiger partial charge >= 0.3 is 5.97 Å². The first-order valence-corrected chi connectivity index (χ1v) is 8.16. The van der Waals surface area contributed by atoms with E-state index in [9.17, 15) is 4.79 Å². The number of aromatic nitrogens is 2. The van der Waals surface area contributed by atoms with Crippen molar-refractivity contribution in [3.8, 4) is 0 Å². The molecule has 0 atom stereocenters. The topological polar surface area (TPSA) is 69.6 Å². The van der Waals surface area contributed by atoms with Crippen molar-refractivity contribution in [2.45, 2.75) is 20.0 Å². The number of hydrogen-bond donors (Lipinski definition) is 1. The Balaban J connectivity index is 1.52. The third-order valence-electron chi connectivity index (χ3n) is 4.34. The SMILES string of the molecule is Cc1nc(CN2CCN(Cc3ccccc3)CC2)ncc1C(=O)O. The Labute approximate surface area is 141 Å². The van der Waals surface area contributed by atoms with Gasteiger partial charge in [-0.05, 0) is 12.5 Å². The zero-order valence-corrected chi connectivity index (χ0v) is 13.9. The minimum absolute atomic E-state index is 0.173. The van der Waals surface area contributed by atoms with E-state index in [0.717, 1.165) is 32.7 Å². The molecule has 24 heavy (non-hydrogen) atoms. The minimum atomic E-state index is -0.978. The molecule has 1 aliphatic heterocycles. The Hall–Kier alpha value is -2.31. The van der Waals surface area contributed by atoms with E-state index in [1.54, 1.807) is 6.92 Å². The van der Waals surface area contributed by atoms with Crippen LogP contribution in [0.1, 0.15) is 27.4 Å². The zero-order valence-electron chi connectivity index (χ0n) is 13.9. The quantitative estimate of drug-likeness (QED) is 0.903. The van der Waals surface area contributed by atoms with Crippen molar-refractivity contribution >= 4 is 5.97 Å². The average Bonchev–Trinajstić information content (AvgIpc) is 2.57. The van der Waals surface area contributed by atoms with Crippen LogP contribution in [0.2, 0.25) is 0 Å². The maximum atomic E-state index is 11.0. The van der Waals surface area contributed by atoms with Crippen molar-refractivity contribution in [1.29, 1.82) is 0 Å². The molecular weight excluding hydrogens is 304 g/mol. The van der Waals surface area contributed by atoms with Crippen LogP contribution < -0.4 is 0 Å².